The Bertz CT molecular complexity index is 1330. The van der Waals surface area contributed by atoms with Crippen LogP contribution in [0, 0.1) is 5.82 Å². The number of amides is 2. The van der Waals surface area contributed by atoms with E-state index in [4.69, 9.17) is 4.42 Å². The molecule has 1 saturated heterocycles. The Hall–Kier alpha value is -3.59. The van der Waals surface area contributed by atoms with Gasteiger partial charge in [-0.25, -0.2) is 9.37 Å². The minimum atomic E-state index is -0.251. The van der Waals surface area contributed by atoms with Gasteiger partial charge in [0.1, 0.15) is 5.82 Å². The van der Waals surface area contributed by atoms with Crippen LogP contribution in [0.5, 0.6) is 0 Å². The predicted molar refractivity (Wildman–Crippen MR) is 127 cm³/mol. The minimum Gasteiger partial charge on any atom is -0.459 e. The number of hydrogen-bond donors (Lipinski definition) is 0. The van der Waals surface area contributed by atoms with Crippen molar-refractivity contribution in [2.75, 3.05) is 26.2 Å². The van der Waals surface area contributed by atoms with Crippen molar-refractivity contribution in [3.63, 3.8) is 0 Å². The molecule has 174 valence electrons. The zero-order chi connectivity index (χ0) is 23.7. The van der Waals surface area contributed by atoms with Crippen molar-refractivity contribution in [2.45, 2.75) is 10.9 Å². The molecule has 1 aliphatic heterocycles. The lowest BCUT2D eigenvalue weighted by Crippen LogP contribution is -2.50. The Morgan fingerprint density at radius 1 is 1.00 bits per heavy atom. The molecule has 0 N–H and O–H groups in total. The summed E-state index contributed by atoms with van der Waals surface area (Å²) >= 11 is 1.56. The van der Waals surface area contributed by atoms with E-state index in [0.717, 1.165) is 21.8 Å². The quantitative estimate of drug-likeness (QED) is 0.402. The number of rotatable bonds is 5. The van der Waals surface area contributed by atoms with Crippen molar-refractivity contribution in [1.82, 2.24) is 19.4 Å². The van der Waals surface area contributed by atoms with Gasteiger partial charge >= 0.3 is 0 Å². The summed E-state index contributed by atoms with van der Waals surface area (Å²) in [6.45, 7) is 1.85. The van der Waals surface area contributed by atoms with Gasteiger partial charge in [-0.05, 0) is 48.0 Å². The molecule has 7 nitrogen and oxygen atoms in total. The van der Waals surface area contributed by atoms with Gasteiger partial charge in [0, 0.05) is 44.5 Å². The molecular weight excluding hydrogens is 455 g/mol. The number of benzene rings is 2. The van der Waals surface area contributed by atoms with Gasteiger partial charge in [-0.1, -0.05) is 23.9 Å². The first-order chi connectivity index (χ1) is 16.5. The Kier molecular flexibility index (Phi) is 6.10. The molecule has 0 bridgehead atoms. The molecule has 2 aromatic carbocycles. The number of thioether (sulfide) groups is 1. The molecule has 9 heteroatoms. The van der Waals surface area contributed by atoms with E-state index in [-0.39, 0.29) is 17.6 Å². The molecule has 34 heavy (non-hydrogen) atoms. The van der Waals surface area contributed by atoms with E-state index in [1.165, 1.54) is 18.4 Å². The lowest BCUT2D eigenvalue weighted by Gasteiger charge is -2.34. The number of furan rings is 1. The molecule has 1 aliphatic rings. The van der Waals surface area contributed by atoms with Gasteiger partial charge in [-0.2, -0.15) is 0 Å². The molecule has 2 aromatic heterocycles. The van der Waals surface area contributed by atoms with Crippen molar-refractivity contribution in [3.05, 3.63) is 83.6 Å². The third kappa shape index (κ3) is 4.43. The van der Waals surface area contributed by atoms with E-state index in [2.05, 4.69) is 4.98 Å². The monoisotopic (exact) mass is 478 g/mol. The summed E-state index contributed by atoms with van der Waals surface area (Å²) in [7, 11) is 1.93. The fraction of sp³-hybridized carbons (Fsp3) is 0.240. The van der Waals surface area contributed by atoms with E-state index in [0.29, 0.717) is 43.3 Å². The maximum atomic E-state index is 13.1. The van der Waals surface area contributed by atoms with Crippen LogP contribution >= 0.6 is 11.8 Å². The van der Waals surface area contributed by atoms with E-state index >= 15 is 0 Å². The summed E-state index contributed by atoms with van der Waals surface area (Å²) < 4.78 is 20.3. The third-order valence-corrected chi connectivity index (χ3v) is 7.06. The van der Waals surface area contributed by atoms with Crippen LogP contribution in [0.2, 0.25) is 0 Å². The highest BCUT2D eigenvalue weighted by molar-refractivity contribution is 7.98. The smallest absolute Gasteiger partial charge is 0.289 e. The summed E-state index contributed by atoms with van der Waals surface area (Å²) in [5.41, 5.74) is 3.30. The molecular formula is C25H23FN4O3S. The van der Waals surface area contributed by atoms with Gasteiger partial charge in [0.15, 0.2) is 10.9 Å². The molecule has 4 aromatic rings. The molecule has 3 heterocycles. The maximum Gasteiger partial charge on any atom is 0.289 e. The Morgan fingerprint density at radius 3 is 2.38 bits per heavy atom. The Labute approximate surface area is 200 Å². The van der Waals surface area contributed by atoms with Gasteiger partial charge < -0.3 is 18.8 Å². The topological polar surface area (TPSA) is 71.6 Å². The maximum absolute atomic E-state index is 13.1. The summed E-state index contributed by atoms with van der Waals surface area (Å²) in [5, 5.41) is 0.828. The number of carbonyl (C=O) groups is 2. The van der Waals surface area contributed by atoms with Crippen molar-refractivity contribution in [2.24, 2.45) is 7.05 Å². The number of nitrogens with zero attached hydrogens (tertiary/aromatic N) is 4. The standard InChI is InChI=1S/C25H23FN4O3S/c1-28-21-15-18(6-9-20(21)27-25(28)34-16-17-4-7-19(26)8-5-17)23(31)29-10-12-30(13-11-29)24(32)22-3-2-14-33-22/h2-9,14-15H,10-13,16H2,1H3. The normalized spacial score (nSPS) is 14.1. The molecule has 0 spiro atoms. The van der Waals surface area contributed by atoms with Crippen molar-refractivity contribution in [1.29, 1.82) is 0 Å². The van der Waals surface area contributed by atoms with Crippen molar-refractivity contribution >= 4 is 34.6 Å². The fourth-order valence-corrected chi connectivity index (χ4v) is 4.95. The summed E-state index contributed by atoms with van der Waals surface area (Å²) in [6.07, 6.45) is 1.48. The number of hydrogen-bond acceptors (Lipinski definition) is 5. The Morgan fingerprint density at radius 2 is 1.71 bits per heavy atom. The SMILES string of the molecule is Cn1c(SCc2ccc(F)cc2)nc2ccc(C(=O)N3CCN(C(=O)c4ccco4)CC3)cc21. The fourth-order valence-electron chi connectivity index (χ4n) is 4.01. The molecule has 0 saturated carbocycles. The molecule has 1 fully saturated rings. The number of halogens is 1. The second-order valence-corrected chi connectivity index (χ2v) is 9.08. The highest BCUT2D eigenvalue weighted by Gasteiger charge is 2.27. The van der Waals surface area contributed by atoms with Crippen LogP contribution in [0.15, 0.2) is 70.4 Å². The van der Waals surface area contributed by atoms with Crippen molar-refractivity contribution < 1.29 is 18.4 Å². The number of carbonyl (C=O) groups excluding carboxylic acids is 2. The molecule has 0 radical (unpaired) electrons. The van der Waals surface area contributed by atoms with Crippen LogP contribution < -0.4 is 0 Å². The second-order valence-electron chi connectivity index (χ2n) is 8.13. The third-order valence-electron chi connectivity index (χ3n) is 5.95. The number of imidazole rings is 1. The predicted octanol–water partition coefficient (Wildman–Crippen LogP) is 4.20. The van der Waals surface area contributed by atoms with Gasteiger partial charge in [0.2, 0.25) is 0 Å². The van der Waals surface area contributed by atoms with Gasteiger partial charge in [0.25, 0.3) is 11.8 Å². The van der Waals surface area contributed by atoms with Crippen molar-refractivity contribution in [3.8, 4) is 0 Å². The summed E-state index contributed by atoms with van der Waals surface area (Å²) in [4.78, 5) is 33.8. The zero-order valence-electron chi connectivity index (χ0n) is 18.6. The van der Waals surface area contributed by atoms with E-state index in [9.17, 15) is 14.0 Å². The average molecular weight is 479 g/mol. The van der Waals surface area contributed by atoms with E-state index in [1.807, 2.05) is 23.7 Å². The van der Waals surface area contributed by atoms with Gasteiger partial charge in [-0.3, -0.25) is 9.59 Å². The number of aromatic nitrogens is 2. The first-order valence-corrected chi connectivity index (χ1v) is 11.9. The molecule has 0 aliphatic carbocycles. The molecule has 0 atom stereocenters. The minimum absolute atomic E-state index is 0.0614. The molecule has 5 rings (SSSR count). The van der Waals surface area contributed by atoms with Crippen LogP contribution in [0.4, 0.5) is 4.39 Å². The van der Waals surface area contributed by atoms with Crippen LogP contribution in [-0.2, 0) is 12.8 Å². The summed E-state index contributed by atoms with van der Waals surface area (Å²) in [6, 6.07) is 15.3. The number of piperazine rings is 1. The zero-order valence-corrected chi connectivity index (χ0v) is 19.4. The second kappa shape index (κ2) is 9.34. The summed E-state index contributed by atoms with van der Waals surface area (Å²) in [5.74, 6) is 0.520. The number of aryl methyl sites for hydroxylation is 1. The largest absolute Gasteiger partial charge is 0.459 e. The average Bonchev–Trinajstić information content (AvgIpc) is 3.51. The van der Waals surface area contributed by atoms with Gasteiger partial charge in [-0.15, -0.1) is 0 Å². The molecule has 0 unspecified atom stereocenters. The van der Waals surface area contributed by atoms with E-state index < -0.39 is 0 Å². The lowest BCUT2D eigenvalue weighted by molar-refractivity contribution is 0.0518. The van der Waals surface area contributed by atoms with Crippen LogP contribution in [0.25, 0.3) is 11.0 Å². The van der Waals surface area contributed by atoms with E-state index in [1.54, 1.807) is 51.9 Å². The van der Waals surface area contributed by atoms with Crippen LogP contribution in [0.3, 0.4) is 0 Å². The first-order valence-electron chi connectivity index (χ1n) is 11.0. The first kappa shape index (κ1) is 22.2. The van der Waals surface area contributed by atoms with Gasteiger partial charge in [0.05, 0.1) is 17.3 Å². The lowest BCUT2D eigenvalue weighted by atomic mass is 10.1. The molecule has 2 amide bonds. The number of fused-ring (bicyclic) bond motifs is 1. The van der Waals surface area contributed by atoms with Crippen LogP contribution in [0.1, 0.15) is 26.5 Å². The Balaban J connectivity index is 1.26. The highest BCUT2D eigenvalue weighted by Crippen LogP contribution is 2.27. The highest BCUT2D eigenvalue weighted by atomic mass is 32.2. The van der Waals surface area contributed by atoms with Crippen LogP contribution in [-0.4, -0.2) is 57.3 Å².